The molecule has 1 aliphatic heterocycles. The molecule has 2 N–H and O–H groups in total. The van der Waals surface area contributed by atoms with Crippen LogP contribution >= 0.6 is 22.9 Å². The average Bonchev–Trinajstić information content (AvgIpc) is 3.66. The SMILES string of the molecule is CC(=O)Nc1nc2c(s1)-c1c(c(-c3cccnc3)nn1-c1ccc(C(=O)NC3CCC(N4CCN(S(C)(=O)=O)CC4)CC3)cc1Cl)CC2. The fraction of sp³-hybridized carbons (Fsp3) is 0.424. The molecule has 12 nitrogen and oxygen atoms in total. The highest BCUT2D eigenvalue weighted by Crippen LogP contribution is 2.44. The number of anilines is 1. The number of carbonyl (C=O) groups excluding carboxylic acids is 2. The third kappa shape index (κ3) is 6.64. The van der Waals surface area contributed by atoms with E-state index in [9.17, 15) is 18.0 Å². The first-order chi connectivity index (χ1) is 23.0. The highest BCUT2D eigenvalue weighted by molar-refractivity contribution is 7.88. The van der Waals surface area contributed by atoms with E-state index in [4.69, 9.17) is 16.7 Å². The van der Waals surface area contributed by atoms with Crippen LogP contribution in [0.15, 0.2) is 42.7 Å². The van der Waals surface area contributed by atoms with Crippen molar-refractivity contribution in [2.75, 3.05) is 37.8 Å². The summed E-state index contributed by atoms with van der Waals surface area (Å²) in [5, 5.41) is 12.0. The Balaban J connectivity index is 1.08. The highest BCUT2D eigenvalue weighted by Gasteiger charge is 2.33. The Morgan fingerprint density at radius 3 is 2.48 bits per heavy atom. The van der Waals surface area contributed by atoms with Crippen LogP contribution in [0.25, 0.3) is 27.5 Å². The number of hydrogen-bond acceptors (Lipinski definition) is 9. The predicted molar refractivity (Wildman–Crippen MR) is 186 cm³/mol. The van der Waals surface area contributed by atoms with Gasteiger partial charge in [0.15, 0.2) is 5.13 Å². The number of fused-ring (bicyclic) bond motifs is 3. The number of thiazole rings is 1. The molecular formula is C33H37ClN8O4S2. The topological polar surface area (TPSA) is 142 Å². The molecule has 3 aliphatic rings. The lowest BCUT2D eigenvalue weighted by molar-refractivity contribution is -0.114. The van der Waals surface area contributed by atoms with Gasteiger partial charge in [0.1, 0.15) is 0 Å². The van der Waals surface area contributed by atoms with Crippen molar-refractivity contribution in [3.8, 4) is 27.5 Å². The Morgan fingerprint density at radius 1 is 1.04 bits per heavy atom. The van der Waals surface area contributed by atoms with E-state index in [-0.39, 0.29) is 17.9 Å². The molecule has 1 aromatic carbocycles. The van der Waals surface area contributed by atoms with E-state index in [1.807, 2.05) is 22.9 Å². The van der Waals surface area contributed by atoms with E-state index < -0.39 is 10.0 Å². The first kappa shape index (κ1) is 32.8. The largest absolute Gasteiger partial charge is 0.349 e. The summed E-state index contributed by atoms with van der Waals surface area (Å²) >= 11 is 8.34. The number of aromatic nitrogens is 4. The molecule has 0 unspecified atom stereocenters. The molecule has 2 amide bonds. The van der Waals surface area contributed by atoms with Crippen LogP contribution in [-0.4, -0.2) is 93.7 Å². The van der Waals surface area contributed by atoms with Crippen molar-refractivity contribution < 1.29 is 18.0 Å². The molecule has 0 radical (unpaired) electrons. The fourth-order valence-corrected chi connectivity index (χ4v) is 9.26. The minimum atomic E-state index is -3.15. The van der Waals surface area contributed by atoms with Crippen LogP contribution in [0.2, 0.25) is 5.02 Å². The van der Waals surface area contributed by atoms with Crippen molar-refractivity contribution in [2.24, 2.45) is 0 Å². The number of piperazine rings is 1. The van der Waals surface area contributed by atoms with Gasteiger partial charge in [-0.15, -0.1) is 0 Å². The minimum Gasteiger partial charge on any atom is -0.349 e. The van der Waals surface area contributed by atoms with Crippen molar-refractivity contribution in [2.45, 2.75) is 57.5 Å². The summed E-state index contributed by atoms with van der Waals surface area (Å²) in [5.74, 6) is -0.349. The number of aryl methyl sites for hydroxylation is 1. The van der Waals surface area contributed by atoms with Crippen molar-refractivity contribution in [3.63, 3.8) is 0 Å². The number of halogens is 1. The third-order valence-electron chi connectivity index (χ3n) is 9.45. The van der Waals surface area contributed by atoms with Gasteiger partial charge in [-0.1, -0.05) is 22.9 Å². The lowest BCUT2D eigenvalue weighted by Crippen LogP contribution is -2.53. The van der Waals surface area contributed by atoms with Gasteiger partial charge in [0.2, 0.25) is 15.9 Å². The second kappa shape index (κ2) is 13.3. The average molecular weight is 709 g/mol. The van der Waals surface area contributed by atoms with Crippen molar-refractivity contribution in [1.82, 2.24) is 34.3 Å². The maximum atomic E-state index is 13.4. The number of nitrogens with zero attached hydrogens (tertiary/aromatic N) is 6. The molecule has 2 fully saturated rings. The second-order valence-electron chi connectivity index (χ2n) is 12.6. The molecule has 3 aromatic heterocycles. The van der Waals surface area contributed by atoms with Gasteiger partial charge < -0.3 is 10.6 Å². The van der Waals surface area contributed by atoms with Crippen LogP contribution in [-0.2, 0) is 27.7 Å². The van der Waals surface area contributed by atoms with Gasteiger partial charge in [-0.05, 0) is 68.9 Å². The Morgan fingerprint density at radius 2 is 1.81 bits per heavy atom. The van der Waals surface area contributed by atoms with Crippen molar-refractivity contribution in [1.29, 1.82) is 0 Å². The van der Waals surface area contributed by atoms with Gasteiger partial charge in [-0.2, -0.15) is 9.40 Å². The molecule has 48 heavy (non-hydrogen) atoms. The standard InChI is InChI=1S/C33H37ClN8O4S2/c1-20(43)36-33-38-27-11-10-25-29(22-4-3-13-35-19-22)39-42(30(25)31(27)47-33)28-12-5-21(18-26(28)34)32(44)37-23-6-8-24(9-7-23)40-14-16-41(17-15-40)48(2,45)46/h3-5,12-13,18-19,23-24H,6-11,14-17H2,1-2H3,(H,37,44)(H,36,38,43). The summed E-state index contributed by atoms with van der Waals surface area (Å²) in [6.45, 7) is 4.00. The number of sulfonamides is 1. The molecule has 7 rings (SSSR count). The van der Waals surface area contributed by atoms with Crippen LogP contribution in [0, 0.1) is 0 Å². The Kier molecular flexibility index (Phi) is 9.11. The monoisotopic (exact) mass is 708 g/mol. The van der Waals surface area contributed by atoms with Crippen LogP contribution in [0.1, 0.15) is 54.2 Å². The van der Waals surface area contributed by atoms with Gasteiger partial charge >= 0.3 is 0 Å². The van der Waals surface area contributed by atoms with E-state index in [0.29, 0.717) is 53.4 Å². The number of nitrogens with one attached hydrogen (secondary N) is 2. The molecule has 0 bridgehead atoms. The summed E-state index contributed by atoms with van der Waals surface area (Å²) in [4.78, 5) is 37.5. The second-order valence-corrected chi connectivity index (χ2v) is 16.0. The van der Waals surface area contributed by atoms with Gasteiger partial charge in [0.05, 0.1) is 38.9 Å². The van der Waals surface area contributed by atoms with Crippen molar-refractivity contribution >= 4 is 49.9 Å². The smallest absolute Gasteiger partial charge is 0.251 e. The molecule has 1 saturated heterocycles. The van der Waals surface area contributed by atoms with Crippen LogP contribution in [0.5, 0.6) is 0 Å². The Bertz CT molecular complexity index is 1960. The van der Waals surface area contributed by atoms with Crippen molar-refractivity contribution in [3.05, 3.63) is 64.6 Å². The molecule has 4 heterocycles. The van der Waals surface area contributed by atoms with Gasteiger partial charge in [0, 0.05) is 74.3 Å². The summed E-state index contributed by atoms with van der Waals surface area (Å²) in [5.41, 5.74) is 5.64. The molecule has 0 atom stereocenters. The molecular weight excluding hydrogens is 672 g/mol. The summed E-state index contributed by atoms with van der Waals surface area (Å²) in [6, 6.07) is 9.62. The number of pyridine rings is 1. The van der Waals surface area contributed by atoms with E-state index in [0.717, 1.165) is 71.9 Å². The molecule has 0 spiro atoms. The number of carbonyl (C=O) groups is 2. The van der Waals surface area contributed by atoms with E-state index in [1.165, 1.54) is 24.5 Å². The zero-order valence-corrected chi connectivity index (χ0v) is 29.2. The zero-order chi connectivity index (χ0) is 33.6. The molecule has 4 aromatic rings. The molecule has 15 heteroatoms. The third-order valence-corrected chi connectivity index (χ3v) is 12.1. The minimum absolute atomic E-state index is 0.0623. The summed E-state index contributed by atoms with van der Waals surface area (Å²) in [6.07, 6.45) is 9.85. The normalized spacial score (nSPS) is 20.1. The zero-order valence-electron chi connectivity index (χ0n) is 26.8. The van der Waals surface area contributed by atoms with E-state index in [2.05, 4.69) is 25.5 Å². The van der Waals surface area contributed by atoms with E-state index in [1.54, 1.807) is 28.8 Å². The van der Waals surface area contributed by atoms with Crippen LogP contribution in [0.4, 0.5) is 5.13 Å². The lowest BCUT2D eigenvalue weighted by atomic mass is 9.89. The van der Waals surface area contributed by atoms with E-state index >= 15 is 0 Å². The molecule has 252 valence electrons. The van der Waals surface area contributed by atoms with Gasteiger partial charge in [-0.25, -0.2) is 18.1 Å². The first-order valence-corrected chi connectivity index (χ1v) is 19.2. The molecule has 1 saturated carbocycles. The Labute approximate surface area is 288 Å². The lowest BCUT2D eigenvalue weighted by Gasteiger charge is -2.41. The maximum Gasteiger partial charge on any atom is 0.251 e. The highest BCUT2D eigenvalue weighted by atomic mass is 35.5. The summed E-state index contributed by atoms with van der Waals surface area (Å²) < 4.78 is 27.1. The predicted octanol–water partition coefficient (Wildman–Crippen LogP) is 4.39. The number of benzene rings is 1. The number of rotatable bonds is 7. The number of amides is 2. The fourth-order valence-electron chi connectivity index (χ4n) is 7.06. The Hall–Kier alpha value is -3.69. The number of hydrogen-bond donors (Lipinski definition) is 2. The van der Waals surface area contributed by atoms with Crippen LogP contribution in [0.3, 0.4) is 0 Å². The maximum absolute atomic E-state index is 13.4. The summed E-state index contributed by atoms with van der Waals surface area (Å²) in [7, 11) is -3.15. The van der Waals surface area contributed by atoms with Gasteiger partial charge in [-0.3, -0.25) is 19.5 Å². The molecule has 2 aliphatic carbocycles. The first-order valence-electron chi connectivity index (χ1n) is 16.1. The van der Waals surface area contributed by atoms with Gasteiger partial charge in [0.25, 0.3) is 5.91 Å². The van der Waals surface area contributed by atoms with Crippen LogP contribution < -0.4 is 10.6 Å². The quantitative estimate of drug-likeness (QED) is 0.288.